The molecule has 0 spiro atoms. The lowest BCUT2D eigenvalue weighted by Crippen LogP contribution is -2.21. The highest BCUT2D eigenvalue weighted by molar-refractivity contribution is 6.25. The van der Waals surface area contributed by atoms with Crippen LogP contribution in [0, 0.1) is 0 Å². The van der Waals surface area contributed by atoms with Crippen LogP contribution in [-0.2, 0) is 4.74 Å². The van der Waals surface area contributed by atoms with E-state index < -0.39 is 0 Å². The van der Waals surface area contributed by atoms with Crippen molar-refractivity contribution in [3.8, 4) is 0 Å². The summed E-state index contributed by atoms with van der Waals surface area (Å²) in [6.07, 6.45) is 4.66. The minimum atomic E-state index is -0.138. The average molecular weight is 449 g/mol. The molecule has 1 nitrogen and oxygen atoms in total. The van der Waals surface area contributed by atoms with Gasteiger partial charge in [0.05, 0.1) is 24.0 Å². The van der Waals surface area contributed by atoms with Gasteiger partial charge in [-0.1, -0.05) is 13.8 Å². The Labute approximate surface area is 171 Å². The van der Waals surface area contributed by atoms with Gasteiger partial charge in [0.15, 0.2) is 0 Å². The molecule has 0 aliphatic carbocycles. The first-order chi connectivity index (χ1) is 10.8. The van der Waals surface area contributed by atoms with Crippen LogP contribution in [0.2, 0.25) is 0 Å². The van der Waals surface area contributed by atoms with Gasteiger partial charge in [0.1, 0.15) is 0 Å². The molecule has 0 N–H and O–H groups in total. The molecule has 6 atom stereocenters. The van der Waals surface area contributed by atoms with E-state index in [1.54, 1.807) is 0 Å². The van der Waals surface area contributed by atoms with Gasteiger partial charge in [0.2, 0.25) is 0 Å². The highest BCUT2D eigenvalue weighted by Gasteiger charge is 2.18. The molecule has 0 aromatic heterocycles. The zero-order valence-corrected chi connectivity index (χ0v) is 18.3. The number of alkyl halides is 6. The maximum absolute atomic E-state index is 6.24. The van der Waals surface area contributed by atoms with Crippen molar-refractivity contribution < 1.29 is 4.74 Å². The fourth-order valence-electron chi connectivity index (χ4n) is 2.10. The summed E-state index contributed by atoms with van der Waals surface area (Å²) in [5.41, 5.74) is 0. The maximum Gasteiger partial charge on any atom is 0.0631 e. The van der Waals surface area contributed by atoms with E-state index in [0.717, 1.165) is 25.7 Å². The second-order valence-corrected chi connectivity index (χ2v) is 9.58. The molecule has 0 aromatic rings. The number of hydrogen-bond donors (Lipinski definition) is 0. The van der Waals surface area contributed by atoms with Crippen molar-refractivity contribution >= 4 is 69.6 Å². The second kappa shape index (κ2) is 14.8. The molecule has 0 aromatic carbocycles. The van der Waals surface area contributed by atoms with Crippen molar-refractivity contribution in [3.63, 3.8) is 0 Å². The monoisotopic (exact) mass is 446 g/mol. The predicted molar refractivity (Wildman–Crippen MR) is 108 cm³/mol. The maximum atomic E-state index is 6.24. The van der Waals surface area contributed by atoms with E-state index in [1.165, 1.54) is 0 Å². The number of rotatable bonds is 14. The van der Waals surface area contributed by atoms with E-state index in [0.29, 0.717) is 26.1 Å². The van der Waals surface area contributed by atoms with E-state index in [-0.39, 0.29) is 32.3 Å². The lowest BCUT2D eigenvalue weighted by atomic mass is 10.1. The smallest absolute Gasteiger partial charge is 0.0631 e. The molecule has 6 unspecified atom stereocenters. The van der Waals surface area contributed by atoms with E-state index in [9.17, 15) is 0 Å². The standard InChI is InChI=1S/C16H28Cl6O/c1-3-11(17)5-13(19)7-15(21)9-23-10-16(22)8-14(20)6-12(18)4-2/h11-16H,3-10H2,1-2H3. The van der Waals surface area contributed by atoms with Crippen molar-refractivity contribution in [2.45, 2.75) is 84.6 Å². The molecule has 0 bridgehead atoms. The van der Waals surface area contributed by atoms with Crippen LogP contribution in [0.5, 0.6) is 0 Å². The van der Waals surface area contributed by atoms with Crippen LogP contribution in [-0.4, -0.2) is 45.5 Å². The van der Waals surface area contributed by atoms with Crippen molar-refractivity contribution in [3.05, 3.63) is 0 Å². The third kappa shape index (κ3) is 14.5. The molecule has 0 saturated heterocycles. The van der Waals surface area contributed by atoms with Crippen molar-refractivity contribution in [2.24, 2.45) is 0 Å². The van der Waals surface area contributed by atoms with E-state index in [2.05, 4.69) is 0 Å². The third-order valence-electron chi connectivity index (χ3n) is 3.53. The molecule has 0 aliphatic rings. The van der Waals surface area contributed by atoms with Gasteiger partial charge in [-0.3, -0.25) is 0 Å². The summed E-state index contributed by atoms with van der Waals surface area (Å²) < 4.78 is 5.57. The first-order valence-electron chi connectivity index (χ1n) is 8.20. The number of halogens is 6. The Morgan fingerprint density at radius 3 is 1.13 bits per heavy atom. The molecule has 0 amide bonds. The van der Waals surface area contributed by atoms with Crippen LogP contribution in [0.3, 0.4) is 0 Å². The second-order valence-electron chi connectivity index (χ2n) is 5.88. The molecule has 0 aliphatic heterocycles. The summed E-state index contributed by atoms with van der Waals surface area (Å²) in [6, 6.07) is 0. The Morgan fingerprint density at radius 2 is 0.826 bits per heavy atom. The summed E-state index contributed by atoms with van der Waals surface area (Å²) in [5.74, 6) is 0. The van der Waals surface area contributed by atoms with Gasteiger partial charge < -0.3 is 4.74 Å². The van der Waals surface area contributed by atoms with E-state index in [4.69, 9.17) is 74.3 Å². The summed E-state index contributed by atoms with van der Waals surface area (Å²) in [7, 11) is 0. The molecule has 7 heteroatoms. The zero-order chi connectivity index (χ0) is 17.8. The van der Waals surface area contributed by atoms with Gasteiger partial charge in [0, 0.05) is 21.5 Å². The van der Waals surface area contributed by atoms with Crippen LogP contribution in [0.25, 0.3) is 0 Å². The van der Waals surface area contributed by atoms with Gasteiger partial charge in [-0.2, -0.15) is 0 Å². The third-order valence-corrected chi connectivity index (χ3v) is 5.82. The van der Waals surface area contributed by atoms with Gasteiger partial charge in [-0.25, -0.2) is 0 Å². The molecular weight excluding hydrogens is 421 g/mol. The number of ether oxygens (including phenoxy) is 1. The Bertz CT molecular complexity index is 255. The minimum absolute atomic E-state index is 0.0303. The Hall–Kier alpha value is 1.70. The van der Waals surface area contributed by atoms with Crippen LogP contribution < -0.4 is 0 Å². The van der Waals surface area contributed by atoms with Crippen molar-refractivity contribution in [1.29, 1.82) is 0 Å². The Kier molecular flexibility index (Phi) is 15.9. The molecule has 0 saturated carbocycles. The largest absolute Gasteiger partial charge is 0.378 e. The summed E-state index contributed by atoms with van der Waals surface area (Å²) in [6.45, 7) is 4.93. The molecule has 0 rings (SSSR count). The quantitative estimate of drug-likeness (QED) is 0.259. The Morgan fingerprint density at radius 1 is 0.522 bits per heavy atom. The molecular formula is C16H28Cl6O. The van der Waals surface area contributed by atoms with Crippen molar-refractivity contribution in [2.75, 3.05) is 13.2 Å². The van der Waals surface area contributed by atoms with E-state index >= 15 is 0 Å². The lowest BCUT2D eigenvalue weighted by Gasteiger charge is -2.18. The fraction of sp³-hybridized carbons (Fsp3) is 1.00. The van der Waals surface area contributed by atoms with Gasteiger partial charge in [0.25, 0.3) is 0 Å². The van der Waals surface area contributed by atoms with Crippen LogP contribution in [0.15, 0.2) is 0 Å². The SMILES string of the molecule is CCC(Cl)CC(Cl)CC(Cl)COCC(Cl)CC(Cl)CC(Cl)CC. The van der Waals surface area contributed by atoms with Gasteiger partial charge in [-0.05, 0) is 38.5 Å². The normalized spacial score (nSPS) is 19.8. The number of hydrogen-bond acceptors (Lipinski definition) is 1. The molecule has 0 heterocycles. The molecule has 0 radical (unpaired) electrons. The zero-order valence-electron chi connectivity index (χ0n) is 13.8. The fourth-order valence-corrected chi connectivity index (χ4v) is 4.36. The first-order valence-corrected chi connectivity index (χ1v) is 10.8. The Balaban J connectivity index is 3.79. The van der Waals surface area contributed by atoms with Crippen LogP contribution >= 0.6 is 69.6 Å². The first kappa shape index (κ1) is 24.7. The highest BCUT2D eigenvalue weighted by Crippen LogP contribution is 2.22. The molecule has 140 valence electrons. The van der Waals surface area contributed by atoms with Gasteiger partial charge in [-0.15, -0.1) is 69.6 Å². The van der Waals surface area contributed by atoms with E-state index in [1.807, 2.05) is 13.8 Å². The minimum Gasteiger partial charge on any atom is -0.378 e. The summed E-state index contributed by atoms with van der Waals surface area (Å²) in [5, 5.41) is -0.134. The van der Waals surface area contributed by atoms with Crippen LogP contribution in [0.1, 0.15) is 52.4 Å². The average Bonchev–Trinajstić information content (AvgIpc) is 2.46. The highest BCUT2D eigenvalue weighted by atomic mass is 35.5. The predicted octanol–water partition coefficient (Wildman–Crippen LogP) is 7.03. The molecule has 23 heavy (non-hydrogen) atoms. The topological polar surface area (TPSA) is 9.23 Å². The summed E-state index contributed by atoms with van der Waals surface area (Å²) >= 11 is 37.1. The summed E-state index contributed by atoms with van der Waals surface area (Å²) in [4.78, 5) is 0. The molecule has 0 fully saturated rings. The van der Waals surface area contributed by atoms with Crippen molar-refractivity contribution in [1.82, 2.24) is 0 Å². The van der Waals surface area contributed by atoms with Crippen LogP contribution in [0.4, 0.5) is 0 Å². The van der Waals surface area contributed by atoms with Gasteiger partial charge >= 0.3 is 0 Å². The lowest BCUT2D eigenvalue weighted by molar-refractivity contribution is 0.130.